The van der Waals surface area contributed by atoms with E-state index in [0.717, 1.165) is 12.0 Å². The van der Waals surface area contributed by atoms with Crippen molar-refractivity contribution in [2.75, 3.05) is 5.32 Å². The summed E-state index contributed by atoms with van der Waals surface area (Å²) in [6, 6.07) is 12.9. The molecule has 116 valence electrons. The summed E-state index contributed by atoms with van der Waals surface area (Å²) in [6.45, 7) is 2.01. The molecule has 0 aliphatic carbocycles. The second kappa shape index (κ2) is 6.87. The molecule has 2 aromatic carbocycles. The molecule has 0 aliphatic heterocycles. The molecule has 2 aromatic rings. The van der Waals surface area contributed by atoms with Gasteiger partial charge in [0.1, 0.15) is 0 Å². The number of hydrogen-bond donors (Lipinski definition) is 1. The second-order valence-corrected chi connectivity index (χ2v) is 5.66. The van der Waals surface area contributed by atoms with E-state index in [0.29, 0.717) is 5.69 Å². The molecule has 0 unspecified atom stereocenters. The summed E-state index contributed by atoms with van der Waals surface area (Å²) in [6.07, 6.45) is 0.874. The zero-order valence-electron chi connectivity index (χ0n) is 11.8. The van der Waals surface area contributed by atoms with Crippen molar-refractivity contribution in [3.8, 4) is 0 Å². The molecule has 1 N–H and O–H groups in total. The monoisotopic (exact) mass is 325 g/mol. The molecule has 0 aliphatic rings. The van der Waals surface area contributed by atoms with E-state index in [1.165, 1.54) is 24.3 Å². The Morgan fingerprint density at radius 2 is 1.73 bits per heavy atom. The van der Waals surface area contributed by atoms with Gasteiger partial charge >= 0.3 is 5.51 Å². The highest BCUT2D eigenvalue weighted by atomic mass is 32.2. The maximum absolute atomic E-state index is 12.5. The van der Waals surface area contributed by atoms with Gasteiger partial charge in [0.05, 0.1) is 5.56 Å². The van der Waals surface area contributed by atoms with E-state index in [-0.39, 0.29) is 22.2 Å². The van der Waals surface area contributed by atoms with Gasteiger partial charge in [-0.1, -0.05) is 31.2 Å². The smallest absolute Gasteiger partial charge is 0.322 e. The van der Waals surface area contributed by atoms with Crippen LogP contribution in [0.4, 0.5) is 18.9 Å². The third kappa shape index (κ3) is 4.53. The number of carbonyl (C=O) groups excluding carboxylic acids is 1. The van der Waals surface area contributed by atoms with Crippen LogP contribution in [0.15, 0.2) is 53.4 Å². The number of benzene rings is 2. The van der Waals surface area contributed by atoms with Crippen molar-refractivity contribution in [1.29, 1.82) is 0 Å². The first-order valence-corrected chi connectivity index (χ1v) is 7.46. The van der Waals surface area contributed by atoms with E-state index in [4.69, 9.17) is 0 Å². The van der Waals surface area contributed by atoms with E-state index in [9.17, 15) is 18.0 Å². The highest BCUT2D eigenvalue weighted by Gasteiger charge is 2.31. The number of carbonyl (C=O) groups is 1. The molecule has 0 bridgehead atoms. The summed E-state index contributed by atoms with van der Waals surface area (Å²) < 4.78 is 37.6. The van der Waals surface area contributed by atoms with Crippen LogP contribution in [0.2, 0.25) is 0 Å². The van der Waals surface area contributed by atoms with Crippen molar-refractivity contribution in [3.05, 3.63) is 59.7 Å². The van der Waals surface area contributed by atoms with Crippen molar-refractivity contribution in [3.63, 3.8) is 0 Å². The molecule has 6 heteroatoms. The minimum absolute atomic E-state index is 0.00407. The maximum Gasteiger partial charge on any atom is 0.446 e. The normalized spacial score (nSPS) is 11.3. The van der Waals surface area contributed by atoms with Crippen LogP contribution in [0.25, 0.3) is 0 Å². The van der Waals surface area contributed by atoms with Gasteiger partial charge in [0, 0.05) is 10.6 Å². The molecule has 0 saturated carbocycles. The van der Waals surface area contributed by atoms with Gasteiger partial charge in [0.25, 0.3) is 5.91 Å². The van der Waals surface area contributed by atoms with Gasteiger partial charge in [0.15, 0.2) is 0 Å². The fourth-order valence-corrected chi connectivity index (χ4v) is 2.56. The molecule has 0 atom stereocenters. The molecule has 0 heterocycles. The maximum atomic E-state index is 12.5. The summed E-state index contributed by atoms with van der Waals surface area (Å²) in [7, 11) is 0. The highest BCUT2D eigenvalue weighted by Crippen LogP contribution is 2.38. The largest absolute Gasteiger partial charge is 0.446 e. The molecule has 0 spiro atoms. The zero-order valence-corrected chi connectivity index (χ0v) is 12.6. The first kappa shape index (κ1) is 16.4. The van der Waals surface area contributed by atoms with Gasteiger partial charge in [-0.15, -0.1) is 0 Å². The average molecular weight is 325 g/mol. The summed E-state index contributed by atoms with van der Waals surface area (Å²) in [5.74, 6) is -0.559. The lowest BCUT2D eigenvalue weighted by Crippen LogP contribution is -2.14. The first-order valence-electron chi connectivity index (χ1n) is 6.64. The van der Waals surface area contributed by atoms with E-state index < -0.39 is 11.4 Å². The fraction of sp³-hybridized carbons (Fsp3) is 0.188. The molecular formula is C16H14F3NOS. The first-order chi connectivity index (χ1) is 10.4. The Morgan fingerprint density at radius 1 is 1.09 bits per heavy atom. The Morgan fingerprint density at radius 3 is 2.32 bits per heavy atom. The molecule has 0 fully saturated rings. The molecule has 22 heavy (non-hydrogen) atoms. The number of alkyl halides is 3. The van der Waals surface area contributed by atoms with Gasteiger partial charge < -0.3 is 5.32 Å². The summed E-state index contributed by atoms with van der Waals surface area (Å²) in [5, 5.41) is 2.62. The van der Waals surface area contributed by atoms with Gasteiger partial charge in [-0.05, 0) is 48.0 Å². The zero-order chi connectivity index (χ0) is 16.2. The average Bonchev–Trinajstić information content (AvgIpc) is 2.47. The third-order valence-electron chi connectivity index (χ3n) is 2.98. The van der Waals surface area contributed by atoms with Gasteiger partial charge in [0.2, 0.25) is 0 Å². The van der Waals surface area contributed by atoms with Crippen LogP contribution in [0, 0.1) is 0 Å². The van der Waals surface area contributed by atoms with Crippen LogP contribution in [0.5, 0.6) is 0 Å². The molecule has 0 aromatic heterocycles. The molecule has 2 nitrogen and oxygen atoms in total. The van der Waals surface area contributed by atoms with Gasteiger partial charge in [-0.2, -0.15) is 13.2 Å². The summed E-state index contributed by atoms with van der Waals surface area (Å²) in [5.41, 5.74) is -2.76. The minimum atomic E-state index is -4.43. The van der Waals surface area contributed by atoms with Crippen molar-refractivity contribution in [2.45, 2.75) is 23.7 Å². The molecule has 2 rings (SSSR count). The number of thioether (sulfide) groups is 1. The third-order valence-corrected chi connectivity index (χ3v) is 3.78. The molecule has 1 amide bonds. The van der Waals surface area contributed by atoms with Crippen molar-refractivity contribution >= 4 is 23.4 Å². The van der Waals surface area contributed by atoms with E-state index in [2.05, 4.69) is 5.32 Å². The SMILES string of the molecule is CCc1ccc(NC(=O)c2ccccc2SC(F)(F)F)cc1. The Balaban J connectivity index is 2.18. The predicted molar refractivity (Wildman–Crippen MR) is 82.1 cm³/mol. The molecule has 0 saturated heterocycles. The quantitative estimate of drug-likeness (QED) is 0.791. The number of hydrogen-bond acceptors (Lipinski definition) is 2. The second-order valence-electron chi connectivity index (χ2n) is 4.55. The Labute approximate surface area is 130 Å². The van der Waals surface area contributed by atoms with Gasteiger partial charge in [-0.3, -0.25) is 4.79 Å². The number of halogens is 3. The number of rotatable bonds is 4. The standard InChI is InChI=1S/C16H14F3NOS/c1-2-11-7-9-12(10-8-11)20-15(21)13-5-3-4-6-14(13)22-16(17,18)19/h3-10H,2H2,1H3,(H,20,21). The van der Waals surface area contributed by atoms with Crippen LogP contribution in [-0.2, 0) is 6.42 Å². The summed E-state index contributed by atoms with van der Waals surface area (Å²) in [4.78, 5) is 12.1. The van der Waals surface area contributed by atoms with Gasteiger partial charge in [-0.25, -0.2) is 0 Å². The topological polar surface area (TPSA) is 29.1 Å². The number of anilines is 1. The lowest BCUT2D eigenvalue weighted by molar-refractivity contribution is -0.0328. The van der Waals surface area contributed by atoms with Crippen LogP contribution >= 0.6 is 11.8 Å². The number of nitrogens with one attached hydrogen (secondary N) is 1. The van der Waals surface area contributed by atoms with Crippen molar-refractivity contribution < 1.29 is 18.0 Å². The van der Waals surface area contributed by atoms with Crippen molar-refractivity contribution in [2.24, 2.45) is 0 Å². The van der Waals surface area contributed by atoms with Crippen LogP contribution in [-0.4, -0.2) is 11.4 Å². The van der Waals surface area contributed by atoms with Crippen molar-refractivity contribution in [1.82, 2.24) is 0 Å². The number of aryl methyl sites for hydroxylation is 1. The predicted octanol–water partition coefficient (Wildman–Crippen LogP) is 5.11. The number of amides is 1. The van der Waals surface area contributed by atoms with Crippen LogP contribution < -0.4 is 5.32 Å². The van der Waals surface area contributed by atoms with E-state index in [1.54, 1.807) is 12.1 Å². The minimum Gasteiger partial charge on any atom is -0.322 e. The lowest BCUT2D eigenvalue weighted by atomic mass is 10.1. The Kier molecular flexibility index (Phi) is 5.13. The summed E-state index contributed by atoms with van der Waals surface area (Å²) >= 11 is -0.289. The van der Waals surface area contributed by atoms with Crippen LogP contribution in [0.3, 0.4) is 0 Å². The Hall–Kier alpha value is -1.95. The molecule has 0 radical (unpaired) electrons. The highest BCUT2D eigenvalue weighted by molar-refractivity contribution is 8.00. The van der Waals surface area contributed by atoms with E-state index in [1.807, 2.05) is 19.1 Å². The Bertz CT molecular complexity index is 653. The fourth-order valence-electron chi connectivity index (χ4n) is 1.89. The van der Waals surface area contributed by atoms with E-state index >= 15 is 0 Å². The van der Waals surface area contributed by atoms with Crippen LogP contribution in [0.1, 0.15) is 22.8 Å². The molecular weight excluding hydrogens is 311 g/mol. The lowest BCUT2D eigenvalue weighted by Gasteiger charge is -2.11.